The second-order valence-electron chi connectivity index (χ2n) is 7.59. The van der Waals surface area contributed by atoms with Crippen LogP contribution in [0.5, 0.6) is 5.75 Å². The van der Waals surface area contributed by atoms with E-state index in [0.29, 0.717) is 12.5 Å². The zero-order valence-electron chi connectivity index (χ0n) is 18.3. The topological polar surface area (TPSA) is 76.6 Å². The maximum absolute atomic E-state index is 5.72. The number of anilines is 1. The lowest BCUT2D eigenvalue weighted by atomic mass is 10.2. The van der Waals surface area contributed by atoms with Crippen LogP contribution >= 0.6 is 24.0 Å². The summed E-state index contributed by atoms with van der Waals surface area (Å²) in [7, 11) is 0. The molecule has 1 unspecified atom stereocenters. The molecule has 3 rings (SSSR count). The lowest BCUT2D eigenvalue weighted by Crippen LogP contribution is -2.33. The number of furan rings is 1. The van der Waals surface area contributed by atoms with E-state index in [2.05, 4.69) is 22.7 Å². The summed E-state index contributed by atoms with van der Waals surface area (Å²) < 4.78 is 13.1. The Labute approximate surface area is 201 Å². The van der Waals surface area contributed by atoms with Gasteiger partial charge in [0.1, 0.15) is 11.5 Å². The molecule has 168 valence electrons. The van der Waals surface area contributed by atoms with Crippen LogP contribution in [0.1, 0.15) is 26.5 Å². The molecule has 2 aromatic heterocycles. The minimum Gasteiger partial charge on any atom is -0.491 e. The molecule has 0 saturated heterocycles. The van der Waals surface area contributed by atoms with Gasteiger partial charge in [0.2, 0.25) is 0 Å². The van der Waals surface area contributed by atoms with E-state index < -0.39 is 0 Å². The van der Waals surface area contributed by atoms with Crippen molar-refractivity contribution in [1.82, 2.24) is 15.1 Å². The molecule has 2 heterocycles. The fraction of sp³-hybridized carbons (Fsp3) is 0.391. The van der Waals surface area contributed by atoms with Crippen molar-refractivity contribution in [2.24, 2.45) is 10.9 Å². The van der Waals surface area contributed by atoms with E-state index >= 15 is 0 Å². The van der Waals surface area contributed by atoms with Crippen LogP contribution in [0, 0.1) is 5.92 Å². The first-order valence-electron chi connectivity index (χ1n) is 10.4. The molecule has 7 nitrogen and oxygen atoms in total. The maximum Gasteiger partial charge on any atom is 0.195 e. The Morgan fingerprint density at radius 1 is 1.16 bits per heavy atom. The summed E-state index contributed by atoms with van der Waals surface area (Å²) in [6.07, 6.45) is 6.41. The van der Waals surface area contributed by atoms with Gasteiger partial charge in [-0.3, -0.25) is 9.67 Å². The molecular formula is C23H32IN5O2. The number of aromatic nitrogens is 2. The SMILES string of the molecule is CC(CN=C(NCCc1ccco1)Nc1ccc(OC(C)C)cc1)Cn1cccn1.I. The molecule has 0 saturated carbocycles. The third-order valence-corrected chi connectivity index (χ3v) is 4.35. The average Bonchev–Trinajstić information content (AvgIpc) is 3.41. The first kappa shape index (κ1) is 24.8. The van der Waals surface area contributed by atoms with E-state index in [-0.39, 0.29) is 30.1 Å². The van der Waals surface area contributed by atoms with Gasteiger partial charge in [-0.15, -0.1) is 24.0 Å². The number of hydrogen-bond acceptors (Lipinski definition) is 4. The largest absolute Gasteiger partial charge is 0.491 e. The molecule has 0 amide bonds. The first-order valence-corrected chi connectivity index (χ1v) is 10.4. The number of rotatable bonds is 10. The maximum atomic E-state index is 5.72. The van der Waals surface area contributed by atoms with Crippen LogP contribution in [0.25, 0.3) is 0 Å². The number of ether oxygens (including phenoxy) is 1. The first-order chi connectivity index (χ1) is 14.6. The quantitative estimate of drug-likeness (QED) is 0.221. The molecule has 0 aliphatic heterocycles. The van der Waals surface area contributed by atoms with Crippen molar-refractivity contribution in [3.05, 3.63) is 66.9 Å². The van der Waals surface area contributed by atoms with Crippen molar-refractivity contribution in [2.75, 3.05) is 18.4 Å². The van der Waals surface area contributed by atoms with E-state index in [9.17, 15) is 0 Å². The van der Waals surface area contributed by atoms with Crippen LogP contribution < -0.4 is 15.4 Å². The zero-order chi connectivity index (χ0) is 21.2. The number of nitrogens with zero attached hydrogens (tertiary/aromatic N) is 3. The fourth-order valence-corrected chi connectivity index (χ4v) is 2.96. The Kier molecular flexibility index (Phi) is 10.4. The second kappa shape index (κ2) is 13.0. The third-order valence-electron chi connectivity index (χ3n) is 4.35. The van der Waals surface area contributed by atoms with Crippen molar-refractivity contribution in [3.8, 4) is 5.75 Å². The summed E-state index contributed by atoms with van der Waals surface area (Å²) in [5, 5.41) is 11.0. The predicted octanol–water partition coefficient (Wildman–Crippen LogP) is 4.82. The van der Waals surface area contributed by atoms with Gasteiger partial charge >= 0.3 is 0 Å². The summed E-state index contributed by atoms with van der Waals surface area (Å²) in [5.74, 6) is 2.90. The highest BCUT2D eigenvalue weighted by atomic mass is 127. The van der Waals surface area contributed by atoms with Crippen LogP contribution in [0.3, 0.4) is 0 Å². The van der Waals surface area contributed by atoms with Crippen molar-refractivity contribution in [1.29, 1.82) is 0 Å². The zero-order valence-corrected chi connectivity index (χ0v) is 20.7. The Bertz CT molecular complexity index is 877. The number of benzene rings is 1. The van der Waals surface area contributed by atoms with Gasteiger partial charge in [0, 0.05) is 44.1 Å². The van der Waals surface area contributed by atoms with Gasteiger partial charge in [0.25, 0.3) is 0 Å². The highest BCUT2D eigenvalue weighted by molar-refractivity contribution is 14.0. The molecule has 2 N–H and O–H groups in total. The number of nitrogens with one attached hydrogen (secondary N) is 2. The molecule has 1 atom stereocenters. The lowest BCUT2D eigenvalue weighted by Gasteiger charge is -2.15. The van der Waals surface area contributed by atoms with Crippen molar-refractivity contribution < 1.29 is 9.15 Å². The predicted molar refractivity (Wildman–Crippen MR) is 135 cm³/mol. The highest BCUT2D eigenvalue weighted by Gasteiger charge is 2.06. The summed E-state index contributed by atoms with van der Waals surface area (Å²) in [4.78, 5) is 4.78. The molecule has 1 aromatic carbocycles. The molecule has 0 aliphatic carbocycles. The Morgan fingerprint density at radius 2 is 1.97 bits per heavy atom. The van der Waals surface area contributed by atoms with E-state index in [0.717, 1.165) is 42.7 Å². The average molecular weight is 537 g/mol. The van der Waals surface area contributed by atoms with Crippen LogP contribution in [-0.4, -0.2) is 34.9 Å². The van der Waals surface area contributed by atoms with Crippen molar-refractivity contribution in [3.63, 3.8) is 0 Å². The monoisotopic (exact) mass is 537 g/mol. The highest BCUT2D eigenvalue weighted by Crippen LogP contribution is 2.17. The molecule has 8 heteroatoms. The van der Waals surface area contributed by atoms with Gasteiger partial charge in [-0.05, 0) is 62.2 Å². The molecule has 0 radical (unpaired) electrons. The van der Waals surface area contributed by atoms with E-state index in [1.54, 1.807) is 12.5 Å². The summed E-state index contributed by atoms with van der Waals surface area (Å²) >= 11 is 0. The Hall–Kier alpha value is -2.49. The van der Waals surface area contributed by atoms with Crippen LogP contribution in [0.4, 0.5) is 5.69 Å². The van der Waals surface area contributed by atoms with Crippen molar-refractivity contribution >= 4 is 35.6 Å². The van der Waals surface area contributed by atoms with Gasteiger partial charge in [-0.1, -0.05) is 6.92 Å². The normalized spacial score (nSPS) is 12.3. The summed E-state index contributed by atoms with van der Waals surface area (Å²) in [5.41, 5.74) is 0.954. The van der Waals surface area contributed by atoms with Gasteiger partial charge in [-0.25, -0.2) is 0 Å². The molecule has 3 aromatic rings. The van der Waals surface area contributed by atoms with Gasteiger partial charge in [0.15, 0.2) is 5.96 Å². The van der Waals surface area contributed by atoms with Gasteiger partial charge in [-0.2, -0.15) is 5.10 Å². The third kappa shape index (κ3) is 9.04. The van der Waals surface area contributed by atoms with Crippen LogP contribution in [0.15, 0.2) is 70.5 Å². The fourth-order valence-electron chi connectivity index (χ4n) is 2.96. The minimum absolute atomic E-state index is 0. The summed E-state index contributed by atoms with van der Waals surface area (Å²) in [6, 6.07) is 13.7. The molecular weight excluding hydrogens is 505 g/mol. The molecule has 0 fully saturated rings. The Balaban J connectivity index is 0.00000341. The summed E-state index contributed by atoms with van der Waals surface area (Å²) in [6.45, 7) is 8.45. The number of hydrogen-bond donors (Lipinski definition) is 2. The van der Waals surface area contributed by atoms with Gasteiger partial charge in [0.05, 0.1) is 12.4 Å². The lowest BCUT2D eigenvalue weighted by molar-refractivity contribution is 0.242. The number of guanidine groups is 1. The smallest absolute Gasteiger partial charge is 0.195 e. The van der Waals surface area contributed by atoms with Crippen LogP contribution in [0.2, 0.25) is 0 Å². The molecule has 0 aliphatic rings. The molecule has 0 bridgehead atoms. The van der Waals surface area contributed by atoms with Crippen LogP contribution in [-0.2, 0) is 13.0 Å². The van der Waals surface area contributed by atoms with Crippen molar-refractivity contribution in [2.45, 2.75) is 39.8 Å². The van der Waals surface area contributed by atoms with Gasteiger partial charge < -0.3 is 19.8 Å². The van der Waals surface area contributed by atoms with E-state index in [1.165, 1.54) is 0 Å². The van der Waals surface area contributed by atoms with E-state index in [1.807, 2.05) is 67.2 Å². The number of halogens is 1. The second-order valence-corrected chi connectivity index (χ2v) is 7.59. The standard InChI is InChI=1S/C23H31N5O2.HI/c1-18(2)30-22-9-7-20(8-10-22)27-23(24-13-11-21-6-4-15-29-21)25-16-19(3)17-28-14-5-12-26-28;/h4-10,12,14-15,18-19H,11,13,16-17H2,1-3H3,(H2,24,25,27);1H. The Morgan fingerprint density at radius 3 is 2.61 bits per heavy atom. The number of aliphatic imine (C=N–C) groups is 1. The molecule has 31 heavy (non-hydrogen) atoms. The van der Waals surface area contributed by atoms with E-state index in [4.69, 9.17) is 14.1 Å². The minimum atomic E-state index is 0. The molecule has 0 spiro atoms.